The minimum atomic E-state index is -0.303. The zero-order valence-corrected chi connectivity index (χ0v) is 14.2. The molecule has 6 nitrogen and oxygen atoms in total. The molecule has 0 saturated carbocycles. The maximum absolute atomic E-state index is 11.9. The third kappa shape index (κ3) is 3.59. The second-order valence-electron chi connectivity index (χ2n) is 6.23. The van der Waals surface area contributed by atoms with E-state index in [9.17, 15) is 4.79 Å². The van der Waals surface area contributed by atoms with E-state index >= 15 is 0 Å². The van der Waals surface area contributed by atoms with Gasteiger partial charge in [0.25, 0.3) is 0 Å². The number of para-hydroxylation sites is 1. The molecule has 1 aliphatic rings. The van der Waals surface area contributed by atoms with Crippen LogP contribution in [0, 0.1) is 6.92 Å². The SMILES string of the molecule is CCn1cc(CN2CC(Oc3ccccc3)CC2C(N)=O)c(C)n1. The Kier molecular flexibility index (Phi) is 4.85. The first kappa shape index (κ1) is 16.5. The van der Waals surface area contributed by atoms with Crippen LogP contribution in [0.5, 0.6) is 5.75 Å². The average molecular weight is 328 g/mol. The quantitative estimate of drug-likeness (QED) is 0.876. The molecule has 1 saturated heterocycles. The molecule has 1 aromatic carbocycles. The molecule has 24 heavy (non-hydrogen) atoms. The summed E-state index contributed by atoms with van der Waals surface area (Å²) in [6, 6.07) is 9.39. The fourth-order valence-electron chi connectivity index (χ4n) is 3.20. The number of carbonyl (C=O) groups is 1. The number of rotatable bonds is 6. The summed E-state index contributed by atoms with van der Waals surface area (Å²) in [5.41, 5.74) is 7.73. The molecule has 1 aliphatic heterocycles. The minimum Gasteiger partial charge on any atom is -0.489 e. The van der Waals surface area contributed by atoms with Gasteiger partial charge in [-0.25, -0.2) is 0 Å². The van der Waals surface area contributed by atoms with Gasteiger partial charge in [0, 0.05) is 37.8 Å². The summed E-state index contributed by atoms with van der Waals surface area (Å²) in [6.45, 7) is 6.23. The van der Waals surface area contributed by atoms with Crippen LogP contribution in [0.3, 0.4) is 0 Å². The van der Waals surface area contributed by atoms with Crippen molar-refractivity contribution in [2.45, 2.75) is 45.5 Å². The van der Waals surface area contributed by atoms with Crippen LogP contribution in [0.15, 0.2) is 36.5 Å². The van der Waals surface area contributed by atoms with E-state index in [1.807, 2.05) is 48.1 Å². The molecule has 2 unspecified atom stereocenters. The number of primary amides is 1. The summed E-state index contributed by atoms with van der Waals surface area (Å²) in [7, 11) is 0. The Morgan fingerprint density at radius 3 is 2.75 bits per heavy atom. The molecule has 3 rings (SSSR count). The number of nitrogens with two attached hydrogens (primary N) is 1. The Bertz CT molecular complexity index is 698. The maximum atomic E-state index is 11.9. The Morgan fingerprint density at radius 2 is 2.12 bits per heavy atom. The van der Waals surface area contributed by atoms with Gasteiger partial charge in [0.15, 0.2) is 0 Å². The van der Waals surface area contributed by atoms with E-state index < -0.39 is 0 Å². The Labute approximate surface area is 142 Å². The van der Waals surface area contributed by atoms with E-state index in [-0.39, 0.29) is 18.1 Å². The number of benzene rings is 1. The second-order valence-corrected chi connectivity index (χ2v) is 6.23. The first-order valence-electron chi connectivity index (χ1n) is 8.34. The highest BCUT2D eigenvalue weighted by molar-refractivity contribution is 5.80. The van der Waals surface area contributed by atoms with Crippen molar-refractivity contribution in [3.63, 3.8) is 0 Å². The minimum absolute atomic E-state index is 0.0357. The van der Waals surface area contributed by atoms with Gasteiger partial charge in [-0.2, -0.15) is 5.10 Å². The second kappa shape index (κ2) is 7.05. The van der Waals surface area contributed by atoms with Gasteiger partial charge < -0.3 is 10.5 Å². The van der Waals surface area contributed by atoms with E-state index in [4.69, 9.17) is 10.5 Å². The Hall–Kier alpha value is -2.34. The van der Waals surface area contributed by atoms with Gasteiger partial charge >= 0.3 is 0 Å². The predicted octanol–water partition coefficient (Wildman–Crippen LogP) is 1.72. The smallest absolute Gasteiger partial charge is 0.234 e. The summed E-state index contributed by atoms with van der Waals surface area (Å²) in [5.74, 6) is 0.525. The van der Waals surface area contributed by atoms with Crippen molar-refractivity contribution in [1.82, 2.24) is 14.7 Å². The van der Waals surface area contributed by atoms with Crippen molar-refractivity contribution in [3.8, 4) is 5.75 Å². The van der Waals surface area contributed by atoms with Crippen LogP contribution in [-0.4, -0.2) is 39.3 Å². The summed E-state index contributed by atoms with van der Waals surface area (Å²) in [5, 5.41) is 4.47. The lowest BCUT2D eigenvalue weighted by atomic mass is 10.1. The molecular formula is C18H24N4O2. The van der Waals surface area contributed by atoms with E-state index in [1.165, 1.54) is 0 Å². The molecule has 0 aliphatic carbocycles. The van der Waals surface area contributed by atoms with Crippen molar-refractivity contribution < 1.29 is 9.53 Å². The molecule has 1 aromatic heterocycles. The van der Waals surface area contributed by atoms with Crippen LogP contribution < -0.4 is 10.5 Å². The lowest BCUT2D eigenvalue weighted by Crippen LogP contribution is -2.39. The molecule has 2 aromatic rings. The van der Waals surface area contributed by atoms with Crippen LogP contribution in [-0.2, 0) is 17.9 Å². The number of hydrogen-bond acceptors (Lipinski definition) is 4. The molecule has 0 bridgehead atoms. The lowest BCUT2D eigenvalue weighted by molar-refractivity contribution is -0.122. The van der Waals surface area contributed by atoms with E-state index in [1.54, 1.807) is 0 Å². The van der Waals surface area contributed by atoms with Gasteiger partial charge in [-0.3, -0.25) is 14.4 Å². The monoisotopic (exact) mass is 328 g/mol. The number of amides is 1. The van der Waals surface area contributed by atoms with Gasteiger partial charge in [-0.15, -0.1) is 0 Å². The fraction of sp³-hybridized carbons (Fsp3) is 0.444. The molecule has 128 valence electrons. The third-order valence-electron chi connectivity index (χ3n) is 4.48. The molecule has 2 atom stereocenters. The normalized spacial score (nSPS) is 21.1. The van der Waals surface area contributed by atoms with Crippen LogP contribution in [0.2, 0.25) is 0 Å². The van der Waals surface area contributed by atoms with Crippen molar-refractivity contribution >= 4 is 5.91 Å². The van der Waals surface area contributed by atoms with Crippen LogP contribution in [0.25, 0.3) is 0 Å². The Balaban J connectivity index is 1.71. The number of aryl methyl sites for hydroxylation is 2. The van der Waals surface area contributed by atoms with E-state index in [0.717, 1.165) is 23.6 Å². The maximum Gasteiger partial charge on any atom is 0.234 e. The molecular weight excluding hydrogens is 304 g/mol. The van der Waals surface area contributed by atoms with Gasteiger partial charge in [-0.1, -0.05) is 18.2 Å². The van der Waals surface area contributed by atoms with Crippen molar-refractivity contribution in [1.29, 1.82) is 0 Å². The lowest BCUT2D eigenvalue weighted by Gasteiger charge is -2.21. The molecule has 1 fully saturated rings. The summed E-state index contributed by atoms with van der Waals surface area (Å²) < 4.78 is 7.92. The first-order valence-corrected chi connectivity index (χ1v) is 8.34. The fourth-order valence-corrected chi connectivity index (χ4v) is 3.20. The summed E-state index contributed by atoms with van der Waals surface area (Å²) >= 11 is 0. The zero-order valence-electron chi connectivity index (χ0n) is 14.2. The number of nitrogens with zero attached hydrogens (tertiary/aromatic N) is 3. The van der Waals surface area contributed by atoms with Crippen LogP contribution in [0.1, 0.15) is 24.6 Å². The predicted molar refractivity (Wildman–Crippen MR) is 91.5 cm³/mol. The third-order valence-corrected chi connectivity index (χ3v) is 4.48. The Morgan fingerprint density at radius 1 is 1.38 bits per heavy atom. The number of aromatic nitrogens is 2. The van der Waals surface area contributed by atoms with E-state index in [0.29, 0.717) is 19.5 Å². The highest BCUT2D eigenvalue weighted by Crippen LogP contribution is 2.25. The first-order chi connectivity index (χ1) is 11.6. The van der Waals surface area contributed by atoms with Gasteiger partial charge in [0.2, 0.25) is 5.91 Å². The number of hydrogen-bond donors (Lipinski definition) is 1. The highest BCUT2D eigenvalue weighted by Gasteiger charge is 2.37. The molecule has 0 radical (unpaired) electrons. The zero-order chi connectivity index (χ0) is 17.1. The van der Waals surface area contributed by atoms with Gasteiger partial charge in [0.05, 0.1) is 11.7 Å². The molecule has 2 heterocycles. The van der Waals surface area contributed by atoms with Crippen molar-refractivity contribution in [3.05, 3.63) is 47.8 Å². The number of likely N-dealkylation sites (tertiary alicyclic amines) is 1. The van der Waals surface area contributed by atoms with Crippen LogP contribution in [0.4, 0.5) is 0 Å². The average Bonchev–Trinajstić information content (AvgIpc) is 3.12. The molecule has 0 spiro atoms. The summed E-state index contributed by atoms with van der Waals surface area (Å²) in [6.07, 6.45) is 2.62. The van der Waals surface area contributed by atoms with Gasteiger partial charge in [-0.05, 0) is 26.0 Å². The molecule has 6 heteroatoms. The molecule has 1 amide bonds. The highest BCUT2D eigenvalue weighted by atomic mass is 16.5. The number of ether oxygens (including phenoxy) is 1. The van der Waals surface area contributed by atoms with Crippen LogP contribution >= 0.6 is 0 Å². The van der Waals surface area contributed by atoms with Crippen molar-refractivity contribution in [2.24, 2.45) is 5.73 Å². The van der Waals surface area contributed by atoms with Gasteiger partial charge in [0.1, 0.15) is 11.9 Å². The topological polar surface area (TPSA) is 73.4 Å². The van der Waals surface area contributed by atoms with E-state index in [2.05, 4.69) is 16.9 Å². The van der Waals surface area contributed by atoms with Crippen molar-refractivity contribution in [2.75, 3.05) is 6.54 Å². The molecule has 2 N–H and O–H groups in total. The largest absolute Gasteiger partial charge is 0.489 e. The summed E-state index contributed by atoms with van der Waals surface area (Å²) in [4.78, 5) is 13.9. The standard InChI is InChI=1S/C18H24N4O2/c1-3-22-11-14(13(2)20-22)10-21-12-16(9-17(21)18(19)23)24-15-7-5-4-6-8-15/h4-8,11,16-17H,3,9-10,12H2,1-2H3,(H2,19,23). The number of carbonyl (C=O) groups excluding carboxylic acids is 1.